The molecule has 0 saturated heterocycles. The van der Waals surface area contributed by atoms with Crippen molar-refractivity contribution in [3.8, 4) is 0 Å². The molecule has 1 heteroatoms. The lowest BCUT2D eigenvalue weighted by Crippen LogP contribution is -2.11. The van der Waals surface area contributed by atoms with E-state index in [1.807, 2.05) is 6.08 Å². The summed E-state index contributed by atoms with van der Waals surface area (Å²) in [6.07, 6.45) is 8.17. The standard InChI is InChI=1S/C12H19N/c1-6-9-11(13-10-7-2)12(4,5)8-3/h6-7,9-10H,1-2,8H2,3-5H3/b11-9-,13-10-. The second kappa shape index (κ2) is 5.52. The lowest BCUT2D eigenvalue weighted by atomic mass is 9.86. The lowest BCUT2D eigenvalue weighted by Gasteiger charge is -2.22. The summed E-state index contributed by atoms with van der Waals surface area (Å²) in [6, 6.07) is 0. The summed E-state index contributed by atoms with van der Waals surface area (Å²) in [5.41, 5.74) is 1.15. The molecule has 0 spiro atoms. The predicted molar refractivity (Wildman–Crippen MR) is 61.0 cm³/mol. The fraction of sp³-hybridized carbons (Fsp3) is 0.417. The summed E-state index contributed by atoms with van der Waals surface area (Å²) < 4.78 is 0. The number of allylic oxidation sites excluding steroid dienone is 4. The van der Waals surface area contributed by atoms with Gasteiger partial charge in [-0.15, -0.1) is 0 Å². The van der Waals surface area contributed by atoms with Crippen LogP contribution in [0.1, 0.15) is 27.2 Å². The molecule has 0 radical (unpaired) electrons. The van der Waals surface area contributed by atoms with Crippen LogP contribution >= 0.6 is 0 Å². The van der Waals surface area contributed by atoms with Crippen LogP contribution in [0.5, 0.6) is 0 Å². The van der Waals surface area contributed by atoms with E-state index >= 15 is 0 Å². The Kier molecular flexibility index (Phi) is 5.05. The molecule has 0 heterocycles. The van der Waals surface area contributed by atoms with E-state index in [2.05, 4.69) is 38.9 Å². The molecule has 0 aliphatic heterocycles. The smallest absolute Gasteiger partial charge is 0.0459 e. The first-order valence-electron chi connectivity index (χ1n) is 4.56. The SMILES string of the molecule is C=C/C=N\C(=C/C=C)C(C)(C)CC. The quantitative estimate of drug-likeness (QED) is 0.448. The zero-order valence-electron chi connectivity index (χ0n) is 8.88. The van der Waals surface area contributed by atoms with Crippen LogP contribution in [0, 0.1) is 5.41 Å². The van der Waals surface area contributed by atoms with Gasteiger partial charge < -0.3 is 0 Å². The van der Waals surface area contributed by atoms with Gasteiger partial charge in [-0.05, 0) is 12.5 Å². The van der Waals surface area contributed by atoms with Gasteiger partial charge in [0.15, 0.2) is 0 Å². The first kappa shape index (κ1) is 11.9. The summed E-state index contributed by atoms with van der Waals surface area (Å²) in [6.45, 7) is 13.8. The summed E-state index contributed by atoms with van der Waals surface area (Å²) in [5.74, 6) is 0. The van der Waals surface area contributed by atoms with E-state index in [9.17, 15) is 0 Å². The van der Waals surface area contributed by atoms with Crippen molar-refractivity contribution >= 4 is 6.21 Å². The van der Waals surface area contributed by atoms with Gasteiger partial charge in [-0.1, -0.05) is 46.1 Å². The fourth-order valence-electron chi connectivity index (χ4n) is 0.869. The third-order valence-corrected chi connectivity index (χ3v) is 2.17. The maximum atomic E-state index is 4.32. The van der Waals surface area contributed by atoms with Gasteiger partial charge in [0, 0.05) is 17.3 Å². The number of hydrogen-bond acceptors (Lipinski definition) is 1. The van der Waals surface area contributed by atoms with E-state index < -0.39 is 0 Å². The lowest BCUT2D eigenvalue weighted by molar-refractivity contribution is 0.425. The van der Waals surface area contributed by atoms with Crippen LogP contribution in [-0.4, -0.2) is 6.21 Å². The Labute approximate surface area is 81.6 Å². The Morgan fingerprint density at radius 1 is 1.31 bits per heavy atom. The highest BCUT2D eigenvalue weighted by molar-refractivity contribution is 5.71. The molecule has 1 nitrogen and oxygen atoms in total. The largest absolute Gasteiger partial charge is 0.261 e. The van der Waals surface area contributed by atoms with Crippen LogP contribution in [0.25, 0.3) is 0 Å². The second-order valence-electron chi connectivity index (χ2n) is 3.54. The van der Waals surface area contributed by atoms with Crippen molar-refractivity contribution in [3.05, 3.63) is 37.1 Å². The maximum absolute atomic E-state index is 4.32. The highest BCUT2D eigenvalue weighted by Gasteiger charge is 2.19. The summed E-state index contributed by atoms with van der Waals surface area (Å²) in [5, 5.41) is 0. The topological polar surface area (TPSA) is 12.4 Å². The van der Waals surface area contributed by atoms with Gasteiger partial charge in [0.2, 0.25) is 0 Å². The van der Waals surface area contributed by atoms with E-state index in [1.165, 1.54) is 0 Å². The molecular weight excluding hydrogens is 158 g/mol. The van der Waals surface area contributed by atoms with Gasteiger partial charge in [-0.3, -0.25) is 4.99 Å². The van der Waals surface area contributed by atoms with Crippen molar-refractivity contribution < 1.29 is 0 Å². The van der Waals surface area contributed by atoms with Crippen molar-refractivity contribution in [1.82, 2.24) is 0 Å². The Morgan fingerprint density at radius 3 is 2.31 bits per heavy atom. The van der Waals surface area contributed by atoms with Gasteiger partial charge in [0.1, 0.15) is 0 Å². The molecule has 13 heavy (non-hydrogen) atoms. The highest BCUT2D eigenvalue weighted by atomic mass is 14.8. The molecule has 0 bridgehead atoms. The van der Waals surface area contributed by atoms with Crippen LogP contribution in [0.3, 0.4) is 0 Å². The van der Waals surface area contributed by atoms with Crippen molar-refractivity contribution in [2.45, 2.75) is 27.2 Å². The molecule has 0 aliphatic rings. The number of nitrogens with zero attached hydrogens (tertiary/aromatic N) is 1. The van der Waals surface area contributed by atoms with Gasteiger partial charge >= 0.3 is 0 Å². The van der Waals surface area contributed by atoms with Crippen molar-refractivity contribution in [3.63, 3.8) is 0 Å². The minimum atomic E-state index is 0.105. The average molecular weight is 177 g/mol. The minimum absolute atomic E-state index is 0.105. The molecule has 0 aromatic rings. The Balaban J connectivity index is 4.81. The Bertz CT molecular complexity index is 232. The number of aliphatic imine (C=N–C) groups is 1. The van der Waals surface area contributed by atoms with E-state index in [4.69, 9.17) is 0 Å². The zero-order valence-corrected chi connectivity index (χ0v) is 8.88. The molecule has 0 aromatic carbocycles. The summed E-state index contributed by atoms with van der Waals surface area (Å²) in [4.78, 5) is 4.32. The third kappa shape index (κ3) is 3.88. The molecule has 0 atom stereocenters. The number of rotatable bonds is 5. The molecule has 72 valence electrons. The molecule has 0 aromatic heterocycles. The van der Waals surface area contributed by atoms with Gasteiger partial charge in [0.05, 0.1) is 0 Å². The van der Waals surface area contributed by atoms with Crippen LogP contribution in [0.4, 0.5) is 0 Å². The van der Waals surface area contributed by atoms with Crippen LogP contribution in [0.2, 0.25) is 0 Å². The zero-order chi connectivity index (χ0) is 10.3. The van der Waals surface area contributed by atoms with Gasteiger partial charge in [0.25, 0.3) is 0 Å². The summed E-state index contributed by atoms with van der Waals surface area (Å²) >= 11 is 0. The molecule has 0 amide bonds. The average Bonchev–Trinajstić information content (AvgIpc) is 2.12. The third-order valence-electron chi connectivity index (χ3n) is 2.17. The molecule has 0 rings (SSSR count). The molecule has 0 N–H and O–H groups in total. The van der Waals surface area contributed by atoms with E-state index in [1.54, 1.807) is 18.4 Å². The Hall–Kier alpha value is -1.11. The first-order valence-corrected chi connectivity index (χ1v) is 4.56. The van der Waals surface area contributed by atoms with Gasteiger partial charge in [-0.25, -0.2) is 0 Å². The van der Waals surface area contributed by atoms with Crippen LogP contribution in [0.15, 0.2) is 42.1 Å². The normalized spacial score (nSPS) is 13.3. The first-order chi connectivity index (χ1) is 6.08. The van der Waals surface area contributed by atoms with Crippen molar-refractivity contribution in [2.75, 3.05) is 0 Å². The highest BCUT2D eigenvalue weighted by Crippen LogP contribution is 2.30. The molecule has 0 fully saturated rings. The minimum Gasteiger partial charge on any atom is -0.261 e. The predicted octanol–water partition coefficient (Wildman–Crippen LogP) is 3.75. The Morgan fingerprint density at radius 2 is 1.92 bits per heavy atom. The molecule has 0 saturated carbocycles. The monoisotopic (exact) mass is 177 g/mol. The second-order valence-corrected chi connectivity index (χ2v) is 3.54. The molecule has 0 aliphatic carbocycles. The van der Waals surface area contributed by atoms with Crippen molar-refractivity contribution in [2.24, 2.45) is 10.4 Å². The van der Waals surface area contributed by atoms with Crippen LogP contribution < -0.4 is 0 Å². The molecular formula is C12H19N. The summed E-state index contributed by atoms with van der Waals surface area (Å²) in [7, 11) is 0. The van der Waals surface area contributed by atoms with Crippen molar-refractivity contribution in [1.29, 1.82) is 0 Å². The van der Waals surface area contributed by atoms with E-state index in [0.717, 1.165) is 12.1 Å². The number of hydrogen-bond donors (Lipinski definition) is 0. The maximum Gasteiger partial charge on any atom is 0.0459 e. The van der Waals surface area contributed by atoms with E-state index in [0.29, 0.717) is 0 Å². The van der Waals surface area contributed by atoms with Crippen LogP contribution in [-0.2, 0) is 0 Å². The molecule has 0 unspecified atom stereocenters. The van der Waals surface area contributed by atoms with Gasteiger partial charge in [-0.2, -0.15) is 0 Å². The fourth-order valence-corrected chi connectivity index (χ4v) is 0.869. The van der Waals surface area contributed by atoms with E-state index in [-0.39, 0.29) is 5.41 Å².